The second kappa shape index (κ2) is 5.33. The maximum absolute atomic E-state index is 12.2. The summed E-state index contributed by atoms with van der Waals surface area (Å²) in [5.41, 5.74) is -1.24. The summed E-state index contributed by atoms with van der Waals surface area (Å²) in [6, 6.07) is 1.25. The van der Waals surface area contributed by atoms with E-state index in [0.29, 0.717) is 6.29 Å². The van der Waals surface area contributed by atoms with Crippen LogP contribution >= 0.6 is 11.6 Å². The lowest BCUT2D eigenvalue weighted by Gasteiger charge is -2.19. The maximum atomic E-state index is 12.2. The number of furan rings is 1. The molecule has 0 aromatic carbocycles. The average Bonchev–Trinajstić information content (AvgIpc) is 2.78. The Morgan fingerprint density at radius 2 is 2.19 bits per heavy atom. The number of ether oxygens (including phenoxy) is 1. The third kappa shape index (κ3) is 3.30. The van der Waals surface area contributed by atoms with E-state index in [1.807, 2.05) is 0 Å². The van der Waals surface area contributed by atoms with Crippen molar-refractivity contribution in [3.8, 4) is 0 Å². The first-order valence-corrected chi connectivity index (χ1v) is 6.46. The summed E-state index contributed by atoms with van der Waals surface area (Å²) in [6.07, 6.45) is 0.452. The Labute approximate surface area is 124 Å². The highest BCUT2D eigenvalue weighted by Crippen LogP contribution is 2.21. The van der Waals surface area contributed by atoms with Gasteiger partial charge in [-0.05, 0) is 20.8 Å². The van der Waals surface area contributed by atoms with Gasteiger partial charge in [0, 0.05) is 6.07 Å². The monoisotopic (exact) mass is 312 g/mol. The second-order valence-corrected chi connectivity index (χ2v) is 5.71. The summed E-state index contributed by atoms with van der Waals surface area (Å²) in [4.78, 5) is 34.6. The van der Waals surface area contributed by atoms with Gasteiger partial charge < -0.3 is 9.15 Å². The van der Waals surface area contributed by atoms with Gasteiger partial charge in [-0.1, -0.05) is 11.6 Å². The first kappa shape index (κ1) is 15.2. The van der Waals surface area contributed by atoms with Crippen LogP contribution in [0.1, 0.15) is 31.3 Å². The molecule has 0 radical (unpaired) electrons. The number of fused-ring (bicyclic) bond motifs is 1. The van der Waals surface area contributed by atoms with Crippen molar-refractivity contribution in [1.82, 2.24) is 9.78 Å². The number of carbonyl (C=O) groups excluding carboxylic acids is 2. The minimum atomic E-state index is -0.672. The van der Waals surface area contributed by atoms with Gasteiger partial charge in [-0.15, -0.1) is 0 Å². The normalized spacial score (nSPS) is 11.6. The van der Waals surface area contributed by atoms with Crippen LogP contribution in [0.4, 0.5) is 0 Å². The number of nitrogens with zero attached hydrogens (tertiary/aromatic N) is 2. The quantitative estimate of drug-likeness (QED) is 0.634. The fraction of sp³-hybridized carbons (Fsp3) is 0.385. The van der Waals surface area contributed by atoms with Crippen molar-refractivity contribution in [2.24, 2.45) is 0 Å². The zero-order valence-electron chi connectivity index (χ0n) is 11.7. The standard InChI is InChI=1S/C13H13ClN2O5/c1-13(2,3)21-9(18)5-16-12(19)8-4-7(6-17)20-10(8)11(14)15-16/h4,6H,5H2,1-3H3. The third-order valence-electron chi connectivity index (χ3n) is 2.43. The highest BCUT2D eigenvalue weighted by atomic mass is 35.5. The van der Waals surface area contributed by atoms with Gasteiger partial charge in [0.1, 0.15) is 12.1 Å². The molecule has 0 fully saturated rings. The summed E-state index contributed by atoms with van der Waals surface area (Å²) in [6.45, 7) is 4.75. The Morgan fingerprint density at radius 1 is 1.52 bits per heavy atom. The fourth-order valence-electron chi connectivity index (χ4n) is 1.72. The first-order chi connectivity index (χ1) is 9.71. The van der Waals surface area contributed by atoms with Crippen LogP contribution in [0.5, 0.6) is 0 Å². The Bertz CT molecular complexity index is 769. The van der Waals surface area contributed by atoms with E-state index < -0.39 is 17.1 Å². The molecule has 2 aromatic heterocycles. The Kier molecular flexibility index (Phi) is 3.87. The van der Waals surface area contributed by atoms with E-state index in [4.69, 9.17) is 20.8 Å². The number of esters is 1. The molecule has 0 atom stereocenters. The zero-order chi connectivity index (χ0) is 15.8. The lowest BCUT2D eigenvalue weighted by Crippen LogP contribution is -2.31. The number of carbonyl (C=O) groups is 2. The first-order valence-electron chi connectivity index (χ1n) is 6.08. The van der Waals surface area contributed by atoms with E-state index in [9.17, 15) is 14.4 Å². The summed E-state index contributed by atoms with van der Waals surface area (Å²) in [5, 5.41) is 3.75. The van der Waals surface area contributed by atoms with Crippen LogP contribution in [0.2, 0.25) is 5.15 Å². The molecule has 2 rings (SSSR count). The van der Waals surface area contributed by atoms with E-state index in [1.54, 1.807) is 20.8 Å². The summed E-state index contributed by atoms with van der Waals surface area (Å²) in [5.74, 6) is -0.660. The van der Waals surface area contributed by atoms with Crippen LogP contribution in [-0.2, 0) is 16.1 Å². The average molecular weight is 313 g/mol. The molecular formula is C13H13ClN2O5. The third-order valence-corrected chi connectivity index (χ3v) is 2.67. The van der Waals surface area contributed by atoms with Crippen LogP contribution in [0.3, 0.4) is 0 Å². The molecule has 0 unspecified atom stereocenters. The fourth-order valence-corrected chi connectivity index (χ4v) is 1.95. The van der Waals surface area contributed by atoms with Gasteiger partial charge in [0.05, 0.1) is 5.39 Å². The lowest BCUT2D eigenvalue weighted by atomic mass is 10.2. The lowest BCUT2D eigenvalue weighted by molar-refractivity contribution is -0.155. The minimum Gasteiger partial charge on any atom is -0.459 e. The predicted molar refractivity (Wildman–Crippen MR) is 74.5 cm³/mol. The van der Waals surface area contributed by atoms with Crippen molar-refractivity contribution in [3.63, 3.8) is 0 Å². The van der Waals surface area contributed by atoms with E-state index in [2.05, 4.69) is 5.10 Å². The van der Waals surface area contributed by atoms with E-state index in [-0.39, 0.29) is 28.4 Å². The van der Waals surface area contributed by atoms with Gasteiger partial charge in [0.2, 0.25) is 0 Å². The molecule has 0 N–H and O–H groups in total. The Balaban J connectivity index is 2.41. The summed E-state index contributed by atoms with van der Waals surface area (Å²) < 4.78 is 11.1. The van der Waals surface area contributed by atoms with E-state index in [0.717, 1.165) is 4.68 Å². The highest BCUT2D eigenvalue weighted by molar-refractivity contribution is 6.33. The smallest absolute Gasteiger partial charge is 0.328 e. The van der Waals surface area contributed by atoms with Crippen molar-refractivity contribution >= 4 is 34.8 Å². The molecule has 2 aromatic rings. The van der Waals surface area contributed by atoms with Gasteiger partial charge in [-0.3, -0.25) is 14.4 Å². The van der Waals surface area contributed by atoms with E-state index in [1.165, 1.54) is 6.07 Å². The molecule has 0 aliphatic heterocycles. The second-order valence-electron chi connectivity index (χ2n) is 5.35. The van der Waals surface area contributed by atoms with Gasteiger partial charge in [-0.2, -0.15) is 5.10 Å². The van der Waals surface area contributed by atoms with Crippen molar-refractivity contribution in [2.75, 3.05) is 0 Å². The van der Waals surface area contributed by atoms with Gasteiger partial charge in [-0.25, -0.2) is 4.68 Å². The minimum absolute atomic E-state index is 0.0178. The largest absolute Gasteiger partial charge is 0.459 e. The Hall–Kier alpha value is -2.15. The molecular weight excluding hydrogens is 300 g/mol. The number of aromatic nitrogens is 2. The van der Waals surface area contributed by atoms with Crippen LogP contribution in [-0.4, -0.2) is 27.6 Å². The number of rotatable bonds is 3. The van der Waals surface area contributed by atoms with Gasteiger partial charge in [0.15, 0.2) is 22.8 Å². The van der Waals surface area contributed by atoms with Crippen molar-refractivity contribution in [3.05, 3.63) is 27.3 Å². The molecule has 0 spiro atoms. The van der Waals surface area contributed by atoms with Crippen molar-refractivity contribution in [2.45, 2.75) is 32.9 Å². The topological polar surface area (TPSA) is 91.4 Å². The van der Waals surface area contributed by atoms with Crippen LogP contribution in [0, 0.1) is 0 Å². The molecule has 0 saturated carbocycles. The predicted octanol–water partition coefficient (Wildman–Crippen LogP) is 1.80. The molecule has 2 heterocycles. The molecule has 8 heteroatoms. The van der Waals surface area contributed by atoms with Gasteiger partial charge in [0.25, 0.3) is 5.56 Å². The van der Waals surface area contributed by atoms with Gasteiger partial charge >= 0.3 is 5.97 Å². The molecule has 21 heavy (non-hydrogen) atoms. The molecule has 112 valence electrons. The SMILES string of the molecule is CC(C)(C)OC(=O)Cn1nc(Cl)c2oc(C=O)cc2c1=O. The molecule has 0 bridgehead atoms. The molecule has 0 saturated heterocycles. The van der Waals surface area contributed by atoms with Crippen molar-refractivity contribution in [1.29, 1.82) is 0 Å². The number of hydrogen-bond acceptors (Lipinski definition) is 6. The van der Waals surface area contributed by atoms with Crippen LogP contribution in [0.25, 0.3) is 11.0 Å². The number of aldehydes is 1. The maximum Gasteiger partial charge on any atom is 0.328 e. The summed E-state index contributed by atoms with van der Waals surface area (Å²) in [7, 11) is 0. The van der Waals surface area contributed by atoms with E-state index >= 15 is 0 Å². The highest BCUT2D eigenvalue weighted by Gasteiger charge is 2.20. The van der Waals surface area contributed by atoms with Crippen LogP contribution in [0.15, 0.2) is 15.3 Å². The molecule has 0 aliphatic carbocycles. The number of hydrogen-bond donors (Lipinski definition) is 0. The zero-order valence-corrected chi connectivity index (χ0v) is 12.4. The molecule has 0 amide bonds. The molecule has 7 nitrogen and oxygen atoms in total. The number of halogens is 1. The van der Waals surface area contributed by atoms with Crippen molar-refractivity contribution < 1.29 is 18.7 Å². The Morgan fingerprint density at radius 3 is 2.76 bits per heavy atom. The van der Waals surface area contributed by atoms with Crippen LogP contribution < -0.4 is 5.56 Å². The molecule has 0 aliphatic rings. The summed E-state index contributed by atoms with van der Waals surface area (Å²) >= 11 is 5.89.